The second kappa shape index (κ2) is 8.73. The number of benzene rings is 2. The molecule has 7 heteroatoms. The van der Waals surface area contributed by atoms with Crippen LogP contribution in [0.25, 0.3) is 20.7 Å². The molecule has 158 valence electrons. The number of rotatable bonds is 7. The Morgan fingerprint density at radius 1 is 1.16 bits per heavy atom. The number of hydrogen-bond donors (Lipinski definition) is 1. The molecular weight excluding hydrogens is 410 g/mol. The van der Waals surface area contributed by atoms with Crippen molar-refractivity contribution in [3.8, 4) is 16.2 Å². The molecule has 2 aromatic carbocycles. The average Bonchev–Trinajstić information content (AvgIpc) is 3.21. The zero-order chi connectivity index (χ0) is 22.0. The van der Waals surface area contributed by atoms with Crippen LogP contribution in [0, 0.1) is 0 Å². The number of primary amides is 1. The molecule has 0 aliphatic rings. The highest BCUT2D eigenvalue weighted by atomic mass is 32.1. The van der Waals surface area contributed by atoms with Crippen LogP contribution >= 0.6 is 11.3 Å². The van der Waals surface area contributed by atoms with Gasteiger partial charge in [0.2, 0.25) is 5.91 Å². The van der Waals surface area contributed by atoms with Crippen LogP contribution in [-0.2, 0) is 11.2 Å². The van der Waals surface area contributed by atoms with Gasteiger partial charge < -0.3 is 10.5 Å². The van der Waals surface area contributed by atoms with E-state index in [1.54, 1.807) is 7.11 Å². The zero-order valence-electron chi connectivity index (χ0n) is 17.4. The monoisotopic (exact) mass is 433 g/mol. The Bertz CT molecular complexity index is 1290. The van der Waals surface area contributed by atoms with Gasteiger partial charge in [-0.1, -0.05) is 55.5 Å². The number of ether oxygens (including phenoxy) is 1. The van der Waals surface area contributed by atoms with Gasteiger partial charge in [-0.05, 0) is 24.1 Å². The molecule has 0 fully saturated rings. The smallest absolute Gasteiger partial charge is 0.263 e. The van der Waals surface area contributed by atoms with Crippen molar-refractivity contribution >= 4 is 27.5 Å². The Labute approximate surface area is 183 Å². The molecule has 4 rings (SSSR count). The quantitative estimate of drug-likeness (QED) is 0.474. The molecule has 31 heavy (non-hydrogen) atoms. The normalized spacial score (nSPS) is 12.1. The van der Waals surface area contributed by atoms with E-state index in [4.69, 9.17) is 15.5 Å². The lowest BCUT2D eigenvalue weighted by Gasteiger charge is -2.19. The Balaban J connectivity index is 1.94. The van der Waals surface area contributed by atoms with Crippen molar-refractivity contribution < 1.29 is 9.53 Å². The van der Waals surface area contributed by atoms with E-state index in [2.05, 4.69) is 0 Å². The van der Waals surface area contributed by atoms with Gasteiger partial charge in [0, 0.05) is 16.9 Å². The molecule has 0 bridgehead atoms. The average molecular weight is 434 g/mol. The third-order valence-corrected chi connectivity index (χ3v) is 6.37. The second-order valence-electron chi connectivity index (χ2n) is 7.21. The molecule has 0 spiro atoms. The Hall–Kier alpha value is -3.45. The van der Waals surface area contributed by atoms with E-state index in [1.165, 1.54) is 15.9 Å². The molecule has 0 aliphatic heterocycles. The number of nitrogens with two attached hydrogens (primary N) is 1. The van der Waals surface area contributed by atoms with E-state index in [0.717, 1.165) is 16.0 Å². The van der Waals surface area contributed by atoms with Gasteiger partial charge in [-0.2, -0.15) is 0 Å². The van der Waals surface area contributed by atoms with E-state index >= 15 is 0 Å². The summed E-state index contributed by atoms with van der Waals surface area (Å²) in [5.74, 6) is 0.645. The van der Waals surface area contributed by atoms with Crippen molar-refractivity contribution in [2.75, 3.05) is 7.11 Å². The highest BCUT2D eigenvalue weighted by Crippen LogP contribution is 2.32. The first-order chi connectivity index (χ1) is 15.0. The molecule has 2 N–H and O–H groups in total. The SMILES string of the molecule is CCC(C(N)=O)n1c(Cc2ccccc2OC)nc2sc(-c3ccccc3)cc2c1=O. The predicted molar refractivity (Wildman–Crippen MR) is 124 cm³/mol. The molecular formula is C24H23N3O3S. The van der Waals surface area contributed by atoms with Gasteiger partial charge in [-0.3, -0.25) is 14.2 Å². The van der Waals surface area contributed by atoms with Gasteiger partial charge in [0.05, 0.1) is 12.5 Å². The number of nitrogens with zero attached hydrogens (tertiary/aromatic N) is 2. The zero-order valence-corrected chi connectivity index (χ0v) is 18.2. The molecule has 0 radical (unpaired) electrons. The first-order valence-corrected chi connectivity index (χ1v) is 10.9. The first-order valence-electron chi connectivity index (χ1n) is 10.0. The number of carbonyl (C=O) groups excluding carboxylic acids is 1. The third kappa shape index (κ3) is 3.96. The van der Waals surface area contributed by atoms with E-state index in [9.17, 15) is 9.59 Å². The molecule has 1 atom stereocenters. The van der Waals surface area contributed by atoms with Gasteiger partial charge in [-0.15, -0.1) is 11.3 Å². The van der Waals surface area contributed by atoms with Crippen LogP contribution in [0.3, 0.4) is 0 Å². The molecule has 6 nitrogen and oxygen atoms in total. The lowest BCUT2D eigenvalue weighted by atomic mass is 10.1. The number of para-hydroxylation sites is 1. The summed E-state index contributed by atoms with van der Waals surface area (Å²) < 4.78 is 6.92. The largest absolute Gasteiger partial charge is 0.496 e. The summed E-state index contributed by atoms with van der Waals surface area (Å²) in [5, 5.41) is 0.493. The van der Waals surface area contributed by atoms with Gasteiger partial charge in [0.15, 0.2) is 0 Å². The van der Waals surface area contributed by atoms with Crippen LogP contribution < -0.4 is 16.0 Å². The van der Waals surface area contributed by atoms with E-state index < -0.39 is 11.9 Å². The fraction of sp³-hybridized carbons (Fsp3) is 0.208. The van der Waals surface area contributed by atoms with Crippen LogP contribution in [0.5, 0.6) is 5.75 Å². The van der Waals surface area contributed by atoms with E-state index in [0.29, 0.717) is 34.6 Å². The van der Waals surface area contributed by atoms with Gasteiger partial charge in [-0.25, -0.2) is 4.98 Å². The lowest BCUT2D eigenvalue weighted by molar-refractivity contribution is -0.121. The summed E-state index contributed by atoms with van der Waals surface area (Å²) in [6.45, 7) is 1.84. The fourth-order valence-electron chi connectivity index (χ4n) is 3.76. The highest BCUT2D eigenvalue weighted by molar-refractivity contribution is 7.21. The second-order valence-corrected chi connectivity index (χ2v) is 8.24. The van der Waals surface area contributed by atoms with Gasteiger partial charge >= 0.3 is 0 Å². The van der Waals surface area contributed by atoms with E-state index in [1.807, 2.05) is 67.6 Å². The van der Waals surface area contributed by atoms with Crippen LogP contribution in [0.2, 0.25) is 0 Å². The molecule has 2 heterocycles. The van der Waals surface area contributed by atoms with Crippen LogP contribution in [0.1, 0.15) is 30.8 Å². The van der Waals surface area contributed by atoms with Crippen LogP contribution in [0.15, 0.2) is 65.5 Å². The molecule has 4 aromatic rings. The number of hydrogen-bond acceptors (Lipinski definition) is 5. The van der Waals surface area contributed by atoms with Crippen LogP contribution in [-0.4, -0.2) is 22.6 Å². The molecule has 1 unspecified atom stereocenters. The number of carbonyl (C=O) groups is 1. The minimum atomic E-state index is -0.769. The summed E-state index contributed by atoms with van der Waals surface area (Å²) in [5.41, 5.74) is 7.30. The maximum absolute atomic E-state index is 13.5. The topological polar surface area (TPSA) is 87.2 Å². The maximum Gasteiger partial charge on any atom is 0.263 e. The van der Waals surface area contributed by atoms with Crippen molar-refractivity contribution in [2.24, 2.45) is 5.73 Å². The number of aromatic nitrogens is 2. The van der Waals surface area contributed by atoms with Crippen molar-refractivity contribution in [3.63, 3.8) is 0 Å². The Morgan fingerprint density at radius 2 is 1.87 bits per heavy atom. The third-order valence-electron chi connectivity index (χ3n) is 5.30. The number of fused-ring (bicyclic) bond motifs is 1. The minimum absolute atomic E-state index is 0.251. The highest BCUT2D eigenvalue weighted by Gasteiger charge is 2.24. The number of thiophene rings is 1. The standard InChI is InChI=1S/C24H23N3O3S/c1-3-18(22(25)28)27-21(13-16-11-7-8-12-19(16)30-2)26-23-17(24(27)29)14-20(31-23)15-9-5-4-6-10-15/h4-12,14,18H,3,13H2,1-2H3,(H2,25,28). The summed E-state index contributed by atoms with van der Waals surface area (Å²) in [4.78, 5) is 32.1. The molecule has 0 saturated heterocycles. The first kappa shape index (κ1) is 20.8. The summed E-state index contributed by atoms with van der Waals surface area (Å²) in [6.07, 6.45) is 0.745. The van der Waals surface area contributed by atoms with Gasteiger partial charge in [0.25, 0.3) is 5.56 Å². The summed E-state index contributed by atoms with van der Waals surface area (Å²) >= 11 is 1.46. The predicted octanol–water partition coefficient (Wildman–Crippen LogP) is 4.16. The molecule has 0 aliphatic carbocycles. The number of methoxy groups -OCH3 is 1. The number of amides is 1. The van der Waals surface area contributed by atoms with Crippen LogP contribution in [0.4, 0.5) is 0 Å². The lowest BCUT2D eigenvalue weighted by Crippen LogP contribution is -2.36. The molecule has 2 aromatic heterocycles. The maximum atomic E-state index is 13.5. The Morgan fingerprint density at radius 3 is 2.55 bits per heavy atom. The summed E-state index contributed by atoms with van der Waals surface area (Å²) in [6, 6.07) is 18.5. The Kier molecular flexibility index (Phi) is 5.86. The van der Waals surface area contributed by atoms with E-state index in [-0.39, 0.29) is 5.56 Å². The van der Waals surface area contributed by atoms with Gasteiger partial charge in [0.1, 0.15) is 22.4 Å². The molecule has 1 amide bonds. The summed E-state index contributed by atoms with van der Waals surface area (Å²) in [7, 11) is 1.60. The fourth-order valence-corrected chi connectivity index (χ4v) is 4.80. The van der Waals surface area contributed by atoms with Crippen molar-refractivity contribution in [1.29, 1.82) is 0 Å². The minimum Gasteiger partial charge on any atom is -0.496 e. The van der Waals surface area contributed by atoms with Crippen molar-refractivity contribution in [1.82, 2.24) is 9.55 Å². The molecule has 0 saturated carbocycles. The van der Waals surface area contributed by atoms with Crippen molar-refractivity contribution in [2.45, 2.75) is 25.8 Å². The van der Waals surface area contributed by atoms with Crippen molar-refractivity contribution in [3.05, 3.63) is 82.4 Å².